The summed E-state index contributed by atoms with van der Waals surface area (Å²) in [5.41, 5.74) is 2.58. The predicted octanol–water partition coefficient (Wildman–Crippen LogP) is 3.60. The monoisotopic (exact) mass is 504 g/mol. The number of piperidine rings is 1. The van der Waals surface area contributed by atoms with E-state index < -0.39 is 12.1 Å². The van der Waals surface area contributed by atoms with Crippen LogP contribution in [-0.4, -0.2) is 86.7 Å². The Labute approximate surface area is 213 Å². The van der Waals surface area contributed by atoms with Crippen molar-refractivity contribution in [3.8, 4) is 11.5 Å². The lowest BCUT2D eigenvalue weighted by molar-refractivity contribution is -0.141. The number of carboxylic acid groups (broad SMARTS) is 1. The fourth-order valence-electron chi connectivity index (χ4n) is 6.05. The van der Waals surface area contributed by atoms with E-state index in [9.17, 15) is 9.59 Å². The largest absolute Gasteiger partial charge is 0.493 e. The van der Waals surface area contributed by atoms with Gasteiger partial charge in [-0.1, -0.05) is 13.8 Å². The van der Waals surface area contributed by atoms with E-state index in [1.807, 2.05) is 0 Å². The molecule has 1 aromatic rings. The Balaban J connectivity index is 1.46. The van der Waals surface area contributed by atoms with E-state index in [1.165, 1.54) is 11.1 Å². The van der Waals surface area contributed by atoms with Crippen molar-refractivity contribution < 1.29 is 33.6 Å². The van der Waals surface area contributed by atoms with E-state index >= 15 is 0 Å². The highest BCUT2D eigenvalue weighted by Crippen LogP contribution is 2.45. The van der Waals surface area contributed by atoms with Gasteiger partial charge in [-0.05, 0) is 60.3 Å². The fraction of sp³-hybridized carbons (Fsp3) is 0.704. The van der Waals surface area contributed by atoms with Gasteiger partial charge in [0.25, 0.3) is 0 Å². The van der Waals surface area contributed by atoms with Crippen LogP contribution in [-0.2, 0) is 20.7 Å². The lowest BCUT2D eigenvalue weighted by atomic mass is 9.74. The molecule has 0 aliphatic carbocycles. The molecule has 0 saturated carbocycles. The van der Waals surface area contributed by atoms with Crippen molar-refractivity contribution in [2.45, 2.75) is 51.7 Å². The molecule has 4 atom stereocenters. The Hall–Kier alpha value is -2.52. The Bertz CT molecular complexity index is 937. The van der Waals surface area contributed by atoms with Crippen LogP contribution in [0.3, 0.4) is 0 Å². The number of carbonyl (C=O) groups excluding carboxylic acids is 1. The first-order valence-corrected chi connectivity index (χ1v) is 13.0. The summed E-state index contributed by atoms with van der Waals surface area (Å²) in [5, 5.41) is 9.06. The van der Waals surface area contributed by atoms with Gasteiger partial charge in [0, 0.05) is 25.7 Å². The SMILES string of the molecule is COc1cc2c(cc1OC)[C@H]1C[C@@H](COC(=O)N3CCOC(CC(=O)O)C3)[C@H](CC(C)C)CN1CC2. The molecule has 0 radical (unpaired) electrons. The van der Waals surface area contributed by atoms with Gasteiger partial charge in [-0.2, -0.15) is 0 Å². The second kappa shape index (κ2) is 11.7. The van der Waals surface area contributed by atoms with Crippen LogP contribution in [0.15, 0.2) is 12.1 Å². The van der Waals surface area contributed by atoms with Crippen molar-refractivity contribution >= 4 is 12.1 Å². The summed E-state index contributed by atoms with van der Waals surface area (Å²) in [6.07, 6.45) is 1.99. The molecule has 200 valence electrons. The van der Waals surface area contributed by atoms with E-state index in [4.69, 9.17) is 24.1 Å². The molecule has 3 aliphatic heterocycles. The van der Waals surface area contributed by atoms with Crippen LogP contribution in [0.2, 0.25) is 0 Å². The molecule has 9 nitrogen and oxygen atoms in total. The maximum Gasteiger partial charge on any atom is 0.409 e. The Morgan fingerprint density at radius 1 is 1.11 bits per heavy atom. The number of amides is 1. The Kier molecular flexibility index (Phi) is 8.62. The number of hydrogen-bond donors (Lipinski definition) is 1. The summed E-state index contributed by atoms with van der Waals surface area (Å²) in [6.45, 7) is 7.83. The maximum absolute atomic E-state index is 12.9. The quantitative estimate of drug-likeness (QED) is 0.574. The summed E-state index contributed by atoms with van der Waals surface area (Å²) in [6, 6.07) is 4.48. The third-order valence-corrected chi connectivity index (χ3v) is 7.77. The molecule has 2 saturated heterocycles. The summed E-state index contributed by atoms with van der Waals surface area (Å²) in [7, 11) is 3.33. The Morgan fingerprint density at radius 2 is 1.86 bits per heavy atom. The van der Waals surface area contributed by atoms with Crippen LogP contribution in [0.25, 0.3) is 0 Å². The molecular formula is C27H40N2O7. The minimum absolute atomic E-state index is 0.117. The first-order valence-electron chi connectivity index (χ1n) is 13.0. The standard InChI is InChI=1S/C27H40N2O7/c1-17(2)9-19-14-28-6-5-18-11-24(33-3)25(34-4)13-22(18)23(28)10-20(19)16-36-27(32)29-7-8-35-21(15-29)12-26(30)31/h11,13,17,19-21,23H,5-10,12,14-16H2,1-4H3,(H,30,31)/t19-,20+,21?,23-/m1/s1. The number of benzene rings is 1. The molecule has 0 aromatic heterocycles. The van der Waals surface area contributed by atoms with Crippen LogP contribution in [0.1, 0.15) is 50.3 Å². The maximum atomic E-state index is 12.9. The van der Waals surface area contributed by atoms with Gasteiger partial charge < -0.3 is 29.0 Å². The van der Waals surface area contributed by atoms with E-state index in [-0.39, 0.29) is 31.0 Å². The van der Waals surface area contributed by atoms with Gasteiger partial charge in [0.1, 0.15) is 0 Å². The van der Waals surface area contributed by atoms with E-state index in [0.29, 0.717) is 31.6 Å². The lowest BCUT2D eigenvalue weighted by Gasteiger charge is -2.47. The molecule has 4 rings (SSSR count). The highest BCUT2D eigenvalue weighted by Gasteiger charge is 2.40. The number of rotatable bonds is 8. The van der Waals surface area contributed by atoms with E-state index in [1.54, 1.807) is 19.1 Å². The average molecular weight is 505 g/mol. The van der Waals surface area contributed by atoms with Crippen LogP contribution in [0, 0.1) is 17.8 Å². The van der Waals surface area contributed by atoms with E-state index in [0.717, 1.165) is 43.9 Å². The molecule has 1 aromatic carbocycles. The van der Waals surface area contributed by atoms with Crippen molar-refractivity contribution in [3.63, 3.8) is 0 Å². The molecule has 3 aliphatic rings. The first-order chi connectivity index (χ1) is 17.3. The molecule has 0 bridgehead atoms. The third kappa shape index (κ3) is 6.06. The van der Waals surface area contributed by atoms with Gasteiger partial charge in [-0.25, -0.2) is 4.79 Å². The number of fused-ring (bicyclic) bond motifs is 3. The molecular weight excluding hydrogens is 464 g/mol. The van der Waals surface area contributed by atoms with Gasteiger partial charge in [-0.15, -0.1) is 0 Å². The van der Waals surface area contributed by atoms with Gasteiger partial charge in [-0.3, -0.25) is 9.69 Å². The number of ether oxygens (including phenoxy) is 4. The van der Waals surface area contributed by atoms with Crippen molar-refractivity contribution in [1.29, 1.82) is 0 Å². The lowest BCUT2D eigenvalue weighted by Crippen LogP contribution is -2.49. The minimum atomic E-state index is -0.930. The molecule has 1 amide bonds. The molecule has 1 N–H and O–H groups in total. The second-order valence-electron chi connectivity index (χ2n) is 10.7. The second-order valence-corrected chi connectivity index (χ2v) is 10.7. The van der Waals surface area contributed by atoms with Crippen molar-refractivity contribution in [2.24, 2.45) is 17.8 Å². The van der Waals surface area contributed by atoms with Crippen molar-refractivity contribution in [3.05, 3.63) is 23.3 Å². The summed E-state index contributed by atoms with van der Waals surface area (Å²) >= 11 is 0. The van der Waals surface area contributed by atoms with Crippen LogP contribution in [0.4, 0.5) is 4.79 Å². The number of nitrogens with zero attached hydrogens (tertiary/aromatic N) is 2. The molecule has 2 fully saturated rings. The van der Waals surface area contributed by atoms with Crippen molar-refractivity contribution in [2.75, 3.05) is 53.6 Å². The van der Waals surface area contributed by atoms with Gasteiger partial charge in [0.2, 0.25) is 0 Å². The molecule has 1 unspecified atom stereocenters. The number of carboxylic acids is 1. The number of methoxy groups -OCH3 is 2. The van der Waals surface area contributed by atoms with Gasteiger partial charge in [0.15, 0.2) is 11.5 Å². The first kappa shape index (κ1) is 26.5. The highest BCUT2D eigenvalue weighted by atomic mass is 16.6. The number of carbonyl (C=O) groups is 2. The topological polar surface area (TPSA) is 97.8 Å². The van der Waals surface area contributed by atoms with Crippen LogP contribution >= 0.6 is 0 Å². The average Bonchev–Trinajstić information content (AvgIpc) is 2.85. The zero-order valence-corrected chi connectivity index (χ0v) is 21.9. The predicted molar refractivity (Wildman–Crippen MR) is 134 cm³/mol. The fourth-order valence-corrected chi connectivity index (χ4v) is 6.05. The summed E-state index contributed by atoms with van der Waals surface area (Å²) in [5.74, 6) is 1.82. The summed E-state index contributed by atoms with van der Waals surface area (Å²) in [4.78, 5) is 28.1. The zero-order chi connectivity index (χ0) is 25.8. The number of aliphatic carboxylic acids is 1. The van der Waals surface area contributed by atoms with E-state index in [2.05, 4.69) is 30.9 Å². The smallest absolute Gasteiger partial charge is 0.409 e. The van der Waals surface area contributed by atoms with Gasteiger partial charge >= 0.3 is 12.1 Å². The molecule has 3 heterocycles. The zero-order valence-electron chi connectivity index (χ0n) is 21.9. The normalized spacial score (nSPS) is 26.2. The van der Waals surface area contributed by atoms with Crippen molar-refractivity contribution in [1.82, 2.24) is 9.80 Å². The Morgan fingerprint density at radius 3 is 2.56 bits per heavy atom. The van der Waals surface area contributed by atoms with Crippen LogP contribution in [0.5, 0.6) is 11.5 Å². The summed E-state index contributed by atoms with van der Waals surface area (Å²) < 4.78 is 22.5. The minimum Gasteiger partial charge on any atom is -0.493 e. The number of morpholine rings is 1. The molecule has 36 heavy (non-hydrogen) atoms. The highest BCUT2D eigenvalue weighted by molar-refractivity contribution is 5.69. The number of hydrogen-bond acceptors (Lipinski definition) is 7. The third-order valence-electron chi connectivity index (χ3n) is 7.77. The molecule has 0 spiro atoms. The molecule has 9 heteroatoms. The van der Waals surface area contributed by atoms with Crippen LogP contribution < -0.4 is 9.47 Å². The van der Waals surface area contributed by atoms with Gasteiger partial charge in [0.05, 0.1) is 46.5 Å².